The Balaban J connectivity index is 0.00000195. The number of carbonyl (C=O) groups is 1. The van der Waals surface area contributed by atoms with Crippen molar-refractivity contribution in [3.05, 3.63) is 59.7 Å². The molecule has 0 radical (unpaired) electrons. The second kappa shape index (κ2) is 12.4. The second-order valence-electron chi connectivity index (χ2n) is 9.48. The minimum Gasteiger partial charge on any atom is -0.493 e. The molecule has 1 aliphatic carbocycles. The van der Waals surface area contributed by atoms with Crippen LogP contribution in [-0.2, 0) is 16.4 Å². The highest BCUT2D eigenvalue weighted by molar-refractivity contribution is 5.93. The molecule has 2 aliphatic rings. The van der Waals surface area contributed by atoms with Crippen LogP contribution in [0.4, 0.5) is 26.3 Å². The van der Waals surface area contributed by atoms with Gasteiger partial charge in [-0.25, -0.2) is 0 Å². The summed E-state index contributed by atoms with van der Waals surface area (Å²) in [6.07, 6.45) is -5.91. The SMILES string of the molecule is CC.O=C(CN1CCCC(COc2ccc(C(F)(F)F)cc2)C1)C1(c2ccccc2OC(F)(F)F)CCC1. The standard InChI is InChI=1S/C26H27F6NO3.C2H6/c27-25(28,29)19-8-10-20(11-9-19)35-17-18-5-3-14-33(15-18)16-23(34)24(12-4-13-24)21-6-1-2-7-22(21)36-26(30,31)32;1-2/h1-2,6-11,18H,3-5,12-17H2;1-2H3. The van der Waals surface area contributed by atoms with Gasteiger partial charge in [0.05, 0.1) is 24.1 Å². The fourth-order valence-corrected chi connectivity index (χ4v) is 5.04. The number of alkyl halides is 6. The van der Waals surface area contributed by atoms with E-state index in [1.165, 1.54) is 30.3 Å². The number of likely N-dealkylation sites (tertiary alicyclic amines) is 1. The van der Waals surface area contributed by atoms with E-state index in [4.69, 9.17) is 4.74 Å². The van der Waals surface area contributed by atoms with Gasteiger partial charge in [0, 0.05) is 18.0 Å². The fourth-order valence-electron chi connectivity index (χ4n) is 5.04. The van der Waals surface area contributed by atoms with E-state index < -0.39 is 23.5 Å². The smallest absolute Gasteiger partial charge is 0.493 e. The third-order valence-electron chi connectivity index (χ3n) is 7.01. The summed E-state index contributed by atoms with van der Waals surface area (Å²) in [6, 6.07) is 10.4. The number of para-hydroxylation sites is 1. The van der Waals surface area contributed by atoms with E-state index in [-0.39, 0.29) is 29.6 Å². The third kappa shape index (κ3) is 7.42. The van der Waals surface area contributed by atoms with Gasteiger partial charge < -0.3 is 9.47 Å². The van der Waals surface area contributed by atoms with E-state index >= 15 is 0 Å². The van der Waals surface area contributed by atoms with E-state index in [9.17, 15) is 31.1 Å². The number of ether oxygens (including phenoxy) is 2. The molecule has 1 heterocycles. The second-order valence-corrected chi connectivity index (χ2v) is 9.48. The Labute approximate surface area is 218 Å². The molecule has 10 heteroatoms. The van der Waals surface area contributed by atoms with Crippen LogP contribution >= 0.6 is 0 Å². The van der Waals surface area contributed by atoms with E-state index in [2.05, 4.69) is 4.74 Å². The first-order valence-electron chi connectivity index (χ1n) is 12.9. The number of piperidine rings is 1. The Morgan fingerprint density at radius 3 is 2.21 bits per heavy atom. The van der Waals surface area contributed by atoms with Gasteiger partial charge in [0.1, 0.15) is 11.5 Å². The zero-order valence-corrected chi connectivity index (χ0v) is 21.5. The summed E-state index contributed by atoms with van der Waals surface area (Å²) in [7, 11) is 0. The number of hydrogen-bond donors (Lipinski definition) is 0. The van der Waals surface area contributed by atoms with Crippen molar-refractivity contribution < 1.29 is 40.6 Å². The van der Waals surface area contributed by atoms with Crippen LogP contribution in [0.5, 0.6) is 11.5 Å². The van der Waals surface area contributed by atoms with Gasteiger partial charge in [-0.1, -0.05) is 38.5 Å². The van der Waals surface area contributed by atoms with Crippen molar-refractivity contribution in [2.75, 3.05) is 26.2 Å². The number of Topliss-reactive ketones (excluding diaryl/α,β-unsaturated/α-hetero) is 1. The first-order valence-corrected chi connectivity index (χ1v) is 12.9. The molecule has 2 fully saturated rings. The Morgan fingerprint density at radius 2 is 1.63 bits per heavy atom. The minimum absolute atomic E-state index is 0.0760. The molecule has 4 rings (SSSR count). The average Bonchev–Trinajstić information content (AvgIpc) is 2.83. The molecule has 0 aromatic heterocycles. The Morgan fingerprint density at radius 1 is 0.974 bits per heavy atom. The van der Waals surface area contributed by atoms with E-state index in [1.807, 2.05) is 18.7 Å². The van der Waals surface area contributed by atoms with Crippen LogP contribution in [0.2, 0.25) is 0 Å². The van der Waals surface area contributed by atoms with Gasteiger partial charge >= 0.3 is 12.5 Å². The van der Waals surface area contributed by atoms with Gasteiger partial charge in [-0.3, -0.25) is 9.69 Å². The van der Waals surface area contributed by atoms with Gasteiger partial charge in [0.15, 0.2) is 5.78 Å². The number of benzene rings is 2. The average molecular weight is 546 g/mol. The van der Waals surface area contributed by atoms with Crippen molar-refractivity contribution in [3.63, 3.8) is 0 Å². The normalized spacial score (nSPS) is 19.5. The van der Waals surface area contributed by atoms with Crippen molar-refractivity contribution in [2.45, 2.75) is 63.9 Å². The number of rotatable bonds is 8. The topological polar surface area (TPSA) is 38.8 Å². The first kappa shape index (κ1) is 29.8. The highest BCUT2D eigenvalue weighted by Crippen LogP contribution is 2.48. The molecule has 0 N–H and O–H groups in total. The number of carbonyl (C=O) groups excluding carboxylic acids is 1. The predicted octanol–water partition coefficient (Wildman–Crippen LogP) is 7.41. The van der Waals surface area contributed by atoms with Crippen LogP contribution in [0.3, 0.4) is 0 Å². The lowest BCUT2D eigenvalue weighted by molar-refractivity contribution is -0.275. The molecule has 4 nitrogen and oxygen atoms in total. The Bertz CT molecular complexity index is 1050. The highest BCUT2D eigenvalue weighted by atomic mass is 19.4. The molecule has 1 atom stereocenters. The molecule has 0 spiro atoms. The molecule has 2 aromatic rings. The van der Waals surface area contributed by atoms with Crippen LogP contribution < -0.4 is 9.47 Å². The number of nitrogens with zero attached hydrogens (tertiary/aromatic N) is 1. The molecule has 1 aliphatic heterocycles. The molecule has 1 saturated heterocycles. The monoisotopic (exact) mass is 545 g/mol. The quantitative estimate of drug-likeness (QED) is 0.324. The summed E-state index contributed by atoms with van der Waals surface area (Å²) in [4.78, 5) is 15.4. The van der Waals surface area contributed by atoms with Crippen molar-refractivity contribution in [2.24, 2.45) is 5.92 Å². The summed E-state index contributed by atoms with van der Waals surface area (Å²) in [6.45, 7) is 5.64. The zero-order valence-electron chi connectivity index (χ0n) is 21.5. The summed E-state index contributed by atoms with van der Waals surface area (Å²) in [5.74, 6) is -0.0475. The molecule has 1 saturated carbocycles. The number of ketones is 1. The Kier molecular flexibility index (Phi) is 9.73. The maximum Gasteiger partial charge on any atom is 0.573 e. The van der Waals surface area contributed by atoms with E-state index in [0.717, 1.165) is 31.4 Å². The molecular formula is C28H33F6NO3. The zero-order chi connectivity index (χ0) is 28.0. The molecule has 1 unspecified atom stereocenters. The van der Waals surface area contributed by atoms with Crippen LogP contribution in [0.1, 0.15) is 57.1 Å². The summed E-state index contributed by atoms with van der Waals surface area (Å²) < 4.78 is 86.9. The third-order valence-corrected chi connectivity index (χ3v) is 7.01. The van der Waals surface area contributed by atoms with Gasteiger partial charge in [-0.15, -0.1) is 13.2 Å². The van der Waals surface area contributed by atoms with Crippen LogP contribution in [0.25, 0.3) is 0 Å². The van der Waals surface area contributed by atoms with Gasteiger partial charge in [-0.2, -0.15) is 13.2 Å². The van der Waals surface area contributed by atoms with Gasteiger partial charge in [0.25, 0.3) is 0 Å². The molecule has 2 aromatic carbocycles. The molecule has 210 valence electrons. The summed E-state index contributed by atoms with van der Waals surface area (Å²) in [5, 5.41) is 0. The molecule has 38 heavy (non-hydrogen) atoms. The first-order chi connectivity index (χ1) is 18.0. The van der Waals surface area contributed by atoms with E-state index in [1.54, 1.807) is 6.07 Å². The van der Waals surface area contributed by atoms with Crippen LogP contribution in [0, 0.1) is 5.92 Å². The van der Waals surface area contributed by atoms with E-state index in [0.29, 0.717) is 38.3 Å². The molecular weight excluding hydrogens is 512 g/mol. The lowest BCUT2D eigenvalue weighted by atomic mass is 9.61. The van der Waals surface area contributed by atoms with Gasteiger partial charge in [-0.05, 0) is 62.6 Å². The van der Waals surface area contributed by atoms with Crippen molar-refractivity contribution >= 4 is 5.78 Å². The van der Waals surface area contributed by atoms with Crippen molar-refractivity contribution in [1.29, 1.82) is 0 Å². The van der Waals surface area contributed by atoms with Crippen molar-refractivity contribution in [3.8, 4) is 11.5 Å². The Hall–Kier alpha value is -2.75. The maximum absolute atomic E-state index is 13.4. The largest absolute Gasteiger partial charge is 0.573 e. The number of halogens is 6. The molecule has 0 bridgehead atoms. The minimum atomic E-state index is -4.85. The van der Waals surface area contributed by atoms with Crippen LogP contribution in [0.15, 0.2) is 48.5 Å². The predicted molar refractivity (Wildman–Crippen MR) is 131 cm³/mol. The maximum atomic E-state index is 13.4. The van der Waals surface area contributed by atoms with Crippen LogP contribution in [-0.4, -0.2) is 43.3 Å². The van der Waals surface area contributed by atoms with Crippen molar-refractivity contribution in [1.82, 2.24) is 4.90 Å². The molecule has 0 amide bonds. The number of hydrogen-bond acceptors (Lipinski definition) is 4. The van der Waals surface area contributed by atoms with Gasteiger partial charge in [0.2, 0.25) is 0 Å². The summed E-state index contributed by atoms with van der Waals surface area (Å²) in [5.41, 5.74) is -1.46. The lowest BCUT2D eigenvalue weighted by Gasteiger charge is -2.43. The fraction of sp³-hybridized carbons (Fsp3) is 0.536. The highest BCUT2D eigenvalue weighted by Gasteiger charge is 2.48. The summed E-state index contributed by atoms with van der Waals surface area (Å²) >= 11 is 0. The lowest BCUT2D eigenvalue weighted by Crippen LogP contribution is -2.50.